The first-order chi connectivity index (χ1) is 9.08. The number of rotatable bonds is 7. The second kappa shape index (κ2) is 5.92. The molecular formula is C14H22N2O2S. The first-order valence-corrected chi connectivity index (χ1v) is 8.42. The fourth-order valence-corrected chi connectivity index (χ4v) is 3.55. The highest BCUT2D eigenvalue weighted by Crippen LogP contribution is 2.36. The minimum Gasteiger partial charge on any atom is -0.381 e. The smallest absolute Gasteiger partial charge is 0.242 e. The fraction of sp³-hybridized carbons (Fsp3) is 0.571. The lowest BCUT2D eigenvalue weighted by molar-refractivity contribution is 0.582. The Morgan fingerprint density at radius 2 is 1.95 bits per heavy atom. The van der Waals surface area contributed by atoms with Gasteiger partial charge in [-0.05, 0) is 37.3 Å². The molecule has 0 aliphatic heterocycles. The summed E-state index contributed by atoms with van der Waals surface area (Å²) in [5.41, 5.74) is 0.710. The molecule has 1 aliphatic carbocycles. The summed E-state index contributed by atoms with van der Waals surface area (Å²) >= 11 is 0. The van der Waals surface area contributed by atoms with Crippen LogP contribution in [0.3, 0.4) is 0 Å². The van der Waals surface area contributed by atoms with Gasteiger partial charge < -0.3 is 5.32 Å². The second-order valence-corrected chi connectivity index (χ2v) is 6.73. The zero-order chi connectivity index (χ0) is 13.9. The van der Waals surface area contributed by atoms with E-state index in [1.165, 1.54) is 12.8 Å². The summed E-state index contributed by atoms with van der Waals surface area (Å²) in [7, 11) is -3.41. The maximum absolute atomic E-state index is 12.2. The van der Waals surface area contributed by atoms with Gasteiger partial charge in [-0.1, -0.05) is 26.0 Å². The largest absolute Gasteiger partial charge is 0.381 e. The van der Waals surface area contributed by atoms with Gasteiger partial charge in [0.25, 0.3) is 0 Å². The number of sulfonamides is 1. The zero-order valence-electron chi connectivity index (χ0n) is 11.5. The Balaban J connectivity index is 2.25. The molecule has 0 saturated heterocycles. The number of nitrogens with one attached hydrogen (secondary N) is 2. The van der Waals surface area contributed by atoms with Crippen LogP contribution in [0, 0.1) is 5.92 Å². The first-order valence-electron chi connectivity index (χ1n) is 6.93. The molecule has 2 N–H and O–H groups in total. The summed E-state index contributed by atoms with van der Waals surface area (Å²) in [5, 5.41) is 3.40. The Morgan fingerprint density at radius 3 is 2.53 bits per heavy atom. The van der Waals surface area contributed by atoms with E-state index in [2.05, 4.69) is 17.0 Å². The molecule has 2 rings (SSSR count). The molecule has 4 nitrogen and oxygen atoms in total. The Morgan fingerprint density at radius 1 is 1.26 bits per heavy atom. The van der Waals surface area contributed by atoms with Crippen molar-refractivity contribution in [3.8, 4) is 0 Å². The SMILES string of the molecule is CCNS(=O)(=O)c1ccccc1NC(CC)C1CC1. The average Bonchev–Trinajstić information content (AvgIpc) is 3.20. The maximum atomic E-state index is 12.2. The zero-order valence-corrected chi connectivity index (χ0v) is 12.3. The molecule has 0 spiro atoms. The number of anilines is 1. The van der Waals surface area contributed by atoms with Crippen molar-refractivity contribution in [2.24, 2.45) is 5.92 Å². The van der Waals surface area contributed by atoms with Crippen LogP contribution < -0.4 is 10.0 Å². The van der Waals surface area contributed by atoms with Crippen molar-refractivity contribution in [1.82, 2.24) is 4.72 Å². The van der Waals surface area contributed by atoms with Gasteiger partial charge >= 0.3 is 0 Å². The van der Waals surface area contributed by atoms with Crippen molar-refractivity contribution >= 4 is 15.7 Å². The van der Waals surface area contributed by atoms with Crippen LogP contribution in [0.2, 0.25) is 0 Å². The number of benzene rings is 1. The van der Waals surface area contributed by atoms with Crippen molar-refractivity contribution in [3.63, 3.8) is 0 Å². The van der Waals surface area contributed by atoms with Crippen molar-refractivity contribution in [1.29, 1.82) is 0 Å². The van der Waals surface area contributed by atoms with Crippen molar-refractivity contribution < 1.29 is 8.42 Å². The van der Waals surface area contributed by atoms with E-state index in [4.69, 9.17) is 0 Å². The third-order valence-electron chi connectivity index (χ3n) is 3.48. The van der Waals surface area contributed by atoms with Crippen molar-refractivity contribution in [2.45, 2.75) is 44.0 Å². The van der Waals surface area contributed by atoms with Gasteiger partial charge in [0.15, 0.2) is 0 Å². The molecule has 1 atom stereocenters. The van der Waals surface area contributed by atoms with Gasteiger partial charge in [0, 0.05) is 12.6 Å². The van der Waals surface area contributed by atoms with E-state index >= 15 is 0 Å². The lowest BCUT2D eigenvalue weighted by atomic mass is 10.1. The van der Waals surface area contributed by atoms with Crippen molar-refractivity contribution in [3.05, 3.63) is 24.3 Å². The number of para-hydroxylation sites is 1. The van der Waals surface area contributed by atoms with Gasteiger partial charge in [0.1, 0.15) is 4.90 Å². The second-order valence-electron chi connectivity index (χ2n) is 4.99. The molecule has 0 amide bonds. The first kappa shape index (κ1) is 14.3. The number of hydrogen-bond donors (Lipinski definition) is 2. The standard InChI is InChI=1S/C14H22N2O2S/c1-3-12(11-9-10-11)16-13-7-5-6-8-14(13)19(17,18)15-4-2/h5-8,11-12,15-16H,3-4,9-10H2,1-2H3. The average molecular weight is 282 g/mol. The lowest BCUT2D eigenvalue weighted by Crippen LogP contribution is -2.26. The molecule has 19 heavy (non-hydrogen) atoms. The highest BCUT2D eigenvalue weighted by atomic mass is 32.2. The van der Waals surface area contributed by atoms with Crippen LogP contribution in [0.25, 0.3) is 0 Å². The van der Waals surface area contributed by atoms with Crippen LogP contribution in [-0.2, 0) is 10.0 Å². The highest BCUT2D eigenvalue weighted by Gasteiger charge is 2.30. The van der Waals surface area contributed by atoms with E-state index in [0.717, 1.165) is 6.42 Å². The van der Waals surface area contributed by atoms with Gasteiger partial charge in [-0.2, -0.15) is 0 Å². The van der Waals surface area contributed by atoms with E-state index in [0.29, 0.717) is 29.1 Å². The van der Waals surface area contributed by atoms with Crippen molar-refractivity contribution in [2.75, 3.05) is 11.9 Å². The molecule has 0 radical (unpaired) electrons. The van der Waals surface area contributed by atoms with E-state index in [1.807, 2.05) is 12.1 Å². The molecule has 106 valence electrons. The highest BCUT2D eigenvalue weighted by molar-refractivity contribution is 7.89. The van der Waals surface area contributed by atoms with Gasteiger partial charge in [0.05, 0.1) is 5.69 Å². The summed E-state index contributed by atoms with van der Waals surface area (Å²) in [4.78, 5) is 0.343. The normalized spacial score (nSPS) is 17.2. The van der Waals surface area contributed by atoms with Crippen LogP contribution in [0.5, 0.6) is 0 Å². The Bertz CT molecular complexity index is 524. The van der Waals surface area contributed by atoms with Gasteiger partial charge in [-0.15, -0.1) is 0 Å². The number of hydrogen-bond acceptors (Lipinski definition) is 3. The van der Waals surface area contributed by atoms with E-state index in [9.17, 15) is 8.42 Å². The summed E-state index contributed by atoms with van der Waals surface area (Å²) in [6.07, 6.45) is 3.50. The lowest BCUT2D eigenvalue weighted by Gasteiger charge is -2.20. The molecule has 1 saturated carbocycles. The van der Waals surface area contributed by atoms with Gasteiger partial charge in [-0.25, -0.2) is 13.1 Å². The third-order valence-corrected chi connectivity index (χ3v) is 5.09. The Labute approximate surface area is 115 Å². The van der Waals surface area contributed by atoms with Crippen LogP contribution in [0.1, 0.15) is 33.1 Å². The maximum Gasteiger partial charge on any atom is 0.242 e. The fourth-order valence-electron chi connectivity index (χ4n) is 2.34. The quantitative estimate of drug-likeness (QED) is 0.808. The predicted molar refractivity (Wildman–Crippen MR) is 77.7 cm³/mol. The summed E-state index contributed by atoms with van der Waals surface area (Å²) in [6.45, 7) is 4.32. The predicted octanol–water partition coefficient (Wildman–Crippen LogP) is 2.59. The Hall–Kier alpha value is -1.07. The van der Waals surface area contributed by atoms with Crippen LogP contribution >= 0.6 is 0 Å². The van der Waals surface area contributed by atoms with Gasteiger partial charge in [-0.3, -0.25) is 0 Å². The molecule has 1 aromatic rings. The van der Waals surface area contributed by atoms with E-state index in [1.54, 1.807) is 19.1 Å². The molecule has 1 fully saturated rings. The summed E-state index contributed by atoms with van der Waals surface area (Å²) in [6, 6.07) is 7.49. The van der Waals surface area contributed by atoms with Crippen LogP contribution in [-0.4, -0.2) is 21.0 Å². The minimum absolute atomic E-state index is 0.343. The summed E-state index contributed by atoms with van der Waals surface area (Å²) in [5.74, 6) is 0.694. The van der Waals surface area contributed by atoms with Crippen LogP contribution in [0.4, 0.5) is 5.69 Å². The molecule has 0 aromatic heterocycles. The molecule has 1 unspecified atom stereocenters. The molecular weight excluding hydrogens is 260 g/mol. The molecule has 5 heteroatoms. The molecule has 0 heterocycles. The molecule has 0 bridgehead atoms. The third kappa shape index (κ3) is 3.48. The Kier molecular flexibility index (Phi) is 4.47. The molecule has 1 aromatic carbocycles. The topological polar surface area (TPSA) is 58.2 Å². The minimum atomic E-state index is -3.41. The summed E-state index contributed by atoms with van der Waals surface area (Å²) < 4.78 is 26.9. The van der Waals surface area contributed by atoms with E-state index in [-0.39, 0.29) is 0 Å². The monoisotopic (exact) mass is 282 g/mol. The van der Waals surface area contributed by atoms with Gasteiger partial charge in [0.2, 0.25) is 10.0 Å². The molecule has 1 aliphatic rings. The van der Waals surface area contributed by atoms with E-state index < -0.39 is 10.0 Å². The van der Waals surface area contributed by atoms with Crippen LogP contribution in [0.15, 0.2) is 29.2 Å².